The summed E-state index contributed by atoms with van der Waals surface area (Å²) in [6, 6.07) is 14.9. The summed E-state index contributed by atoms with van der Waals surface area (Å²) in [4.78, 5) is 12.3. The number of carbonyl (C=O) groups is 1. The molecule has 3 rings (SSSR count). The average molecular weight is 372 g/mol. The molecular weight excluding hydrogens is 358 g/mol. The Bertz CT molecular complexity index is 828. The van der Waals surface area contributed by atoms with Crippen LogP contribution in [0.15, 0.2) is 65.4 Å². The van der Waals surface area contributed by atoms with Gasteiger partial charge in [0, 0.05) is 22.4 Å². The van der Waals surface area contributed by atoms with Gasteiger partial charge in [0.2, 0.25) is 0 Å². The maximum Gasteiger partial charge on any atom is 0.258 e. The van der Waals surface area contributed by atoms with E-state index < -0.39 is 0 Å². The van der Waals surface area contributed by atoms with Crippen LogP contribution in [0.2, 0.25) is 0 Å². The highest BCUT2D eigenvalue weighted by molar-refractivity contribution is 9.10. The van der Waals surface area contributed by atoms with Crippen LogP contribution < -0.4 is 10.1 Å². The van der Waals surface area contributed by atoms with Gasteiger partial charge in [0.25, 0.3) is 5.91 Å². The molecular formula is C17H14BrN3O2. The number of hydrogen-bond acceptors (Lipinski definition) is 3. The normalized spacial score (nSPS) is 10.3. The Morgan fingerprint density at radius 2 is 2.00 bits per heavy atom. The summed E-state index contributed by atoms with van der Waals surface area (Å²) in [6.07, 6.45) is 3.23. The van der Waals surface area contributed by atoms with E-state index in [1.807, 2.05) is 36.4 Å². The van der Waals surface area contributed by atoms with Crippen molar-refractivity contribution >= 4 is 27.5 Å². The lowest BCUT2D eigenvalue weighted by atomic mass is 10.2. The lowest BCUT2D eigenvalue weighted by Crippen LogP contribution is -2.11. The molecule has 0 aliphatic heterocycles. The fraction of sp³-hybridized carbons (Fsp3) is 0.0588. The van der Waals surface area contributed by atoms with Gasteiger partial charge in [0.15, 0.2) is 0 Å². The fourth-order valence-corrected chi connectivity index (χ4v) is 2.34. The van der Waals surface area contributed by atoms with Crippen molar-refractivity contribution in [2.45, 2.75) is 0 Å². The zero-order chi connectivity index (χ0) is 16.2. The Kier molecular flexibility index (Phi) is 4.43. The summed E-state index contributed by atoms with van der Waals surface area (Å²) in [5, 5.41) is 7.06. The molecule has 0 radical (unpaired) electrons. The van der Waals surface area contributed by atoms with Crippen molar-refractivity contribution in [1.29, 1.82) is 0 Å². The maximum atomic E-state index is 12.3. The summed E-state index contributed by atoms with van der Waals surface area (Å²) in [5.41, 5.74) is 2.04. The second kappa shape index (κ2) is 6.66. The van der Waals surface area contributed by atoms with E-state index in [2.05, 4.69) is 26.3 Å². The van der Waals surface area contributed by atoms with Crippen LogP contribution in [0.4, 0.5) is 5.69 Å². The second-order valence-corrected chi connectivity index (χ2v) is 5.75. The molecule has 0 bridgehead atoms. The molecule has 6 heteroatoms. The van der Waals surface area contributed by atoms with Crippen molar-refractivity contribution in [1.82, 2.24) is 9.78 Å². The number of benzene rings is 2. The quantitative estimate of drug-likeness (QED) is 0.756. The Morgan fingerprint density at radius 1 is 1.22 bits per heavy atom. The van der Waals surface area contributed by atoms with Crippen molar-refractivity contribution in [3.8, 4) is 11.4 Å². The van der Waals surface area contributed by atoms with Crippen molar-refractivity contribution in [3.05, 3.63) is 71.0 Å². The van der Waals surface area contributed by atoms with Crippen LogP contribution in [0, 0.1) is 0 Å². The largest absolute Gasteiger partial charge is 0.497 e. The van der Waals surface area contributed by atoms with Crippen LogP contribution in [0.25, 0.3) is 5.69 Å². The first-order valence-corrected chi connectivity index (χ1v) is 7.71. The highest BCUT2D eigenvalue weighted by Crippen LogP contribution is 2.18. The van der Waals surface area contributed by atoms with Gasteiger partial charge in [0.1, 0.15) is 5.75 Å². The molecule has 0 unspecified atom stereocenters. The number of nitrogens with zero attached hydrogens (tertiary/aromatic N) is 2. The van der Waals surface area contributed by atoms with Gasteiger partial charge in [-0.15, -0.1) is 0 Å². The molecule has 0 fully saturated rings. The number of methoxy groups -OCH3 is 1. The predicted molar refractivity (Wildman–Crippen MR) is 92.2 cm³/mol. The van der Waals surface area contributed by atoms with Crippen LogP contribution in [0.5, 0.6) is 5.75 Å². The SMILES string of the molecule is COc1cccc(NC(=O)c2cnn(-c3ccc(Br)cc3)c2)c1. The number of aromatic nitrogens is 2. The zero-order valence-electron chi connectivity index (χ0n) is 12.4. The minimum Gasteiger partial charge on any atom is -0.497 e. The van der Waals surface area contributed by atoms with E-state index >= 15 is 0 Å². The molecule has 1 heterocycles. The number of halogens is 1. The summed E-state index contributed by atoms with van der Waals surface area (Å²) in [5.74, 6) is 0.468. The van der Waals surface area contributed by atoms with E-state index in [0.29, 0.717) is 17.0 Å². The molecule has 0 saturated heterocycles. The highest BCUT2D eigenvalue weighted by atomic mass is 79.9. The lowest BCUT2D eigenvalue weighted by molar-refractivity contribution is 0.102. The molecule has 116 valence electrons. The van der Waals surface area contributed by atoms with Crippen LogP contribution in [0.3, 0.4) is 0 Å². The number of rotatable bonds is 4. The number of carbonyl (C=O) groups excluding carboxylic acids is 1. The van der Waals surface area contributed by atoms with Gasteiger partial charge >= 0.3 is 0 Å². The minimum atomic E-state index is -0.221. The average Bonchev–Trinajstić information content (AvgIpc) is 3.06. The van der Waals surface area contributed by atoms with Gasteiger partial charge in [-0.1, -0.05) is 22.0 Å². The summed E-state index contributed by atoms with van der Waals surface area (Å²) < 4.78 is 7.79. The van der Waals surface area contributed by atoms with Gasteiger partial charge in [-0.05, 0) is 36.4 Å². The molecule has 1 N–H and O–H groups in total. The highest BCUT2D eigenvalue weighted by Gasteiger charge is 2.10. The van der Waals surface area contributed by atoms with Gasteiger partial charge in [-0.2, -0.15) is 5.10 Å². The third-order valence-corrected chi connectivity index (χ3v) is 3.79. The zero-order valence-corrected chi connectivity index (χ0v) is 13.9. The van der Waals surface area contributed by atoms with Gasteiger partial charge in [0.05, 0.1) is 24.6 Å². The second-order valence-electron chi connectivity index (χ2n) is 4.84. The van der Waals surface area contributed by atoms with E-state index in [1.54, 1.807) is 30.1 Å². The maximum absolute atomic E-state index is 12.3. The first-order valence-electron chi connectivity index (χ1n) is 6.92. The topological polar surface area (TPSA) is 56.1 Å². The van der Waals surface area contributed by atoms with E-state index in [-0.39, 0.29) is 5.91 Å². The van der Waals surface area contributed by atoms with Crippen LogP contribution in [-0.4, -0.2) is 22.8 Å². The Morgan fingerprint density at radius 3 is 2.74 bits per heavy atom. The third-order valence-electron chi connectivity index (χ3n) is 3.26. The molecule has 23 heavy (non-hydrogen) atoms. The first-order chi connectivity index (χ1) is 11.2. The van der Waals surface area contributed by atoms with Crippen LogP contribution >= 0.6 is 15.9 Å². The molecule has 1 aromatic heterocycles. The molecule has 3 aromatic rings. The molecule has 0 aliphatic carbocycles. The number of hydrogen-bond donors (Lipinski definition) is 1. The lowest BCUT2D eigenvalue weighted by Gasteiger charge is -2.05. The van der Waals surface area contributed by atoms with Crippen molar-refractivity contribution < 1.29 is 9.53 Å². The molecule has 1 amide bonds. The molecule has 0 aliphatic rings. The fourth-order valence-electron chi connectivity index (χ4n) is 2.08. The first kappa shape index (κ1) is 15.3. The number of amides is 1. The predicted octanol–water partition coefficient (Wildman–Crippen LogP) is 3.90. The monoisotopic (exact) mass is 371 g/mol. The van der Waals surface area contributed by atoms with Crippen LogP contribution in [-0.2, 0) is 0 Å². The van der Waals surface area contributed by atoms with E-state index in [1.165, 1.54) is 6.20 Å². The van der Waals surface area contributed by atoms with Crippen LogP contribution in [0.1, 0.15) is 10.4 Å². The standard InChI is InChI=1S/C17H14BrN3O2/c1-23-16-4-2-3-14(9-16)20-17(22)12-10-19-21(11-12)15-7-5-13(18)6-8-15/h2-11H,1H3,(H,20,22). The Balaban J connectivity index is 1.76. The number of anilines is 1. The summed E-state index contributed by atoms with van der Waals surface area (Å²) >= 11 is 3.39. The van der Waals surface area contributed by atoms with Gasteiger partial charge < -0.3 is 10.1 Å². The Labute approximate surface area is 142 Å². The van der Waals surface area contributed by atoms with E-state index in [9.17, 15) is 4.79 Å². The molecule has 2 aromatic carbocycles. The summed E-state index contributed by atoms with van der Waals surface area (Å²) in [7, 11) is 1.59. The van der Waals surface area contributed by atoms with Gasteiger partial charge in [-0.25, -0.2) is 4.68 Å². The van der Waals surface area contributed by atoms with Gasteiger partial charge in [-0.3, -0.25) is 4.79 Å². The van der Waals surface area contributed by atoms with E-state index in [4.69, 9.17) is 4.74 Å². The Hall–Kier alpha value is -2.60. The minimum absolute atomic E-state index is 0.221. The molecule has 0 spiro atoms. The van der Waals surface area contributed by atoms with Crippen molar-refractivity contribution in [2.75, 3.05) is 12.4 Å². The molecule has 5 nitrogen and oxygen atoms in total. The van der Waals surface area contributed by atoms with E-state index in [0.717, 1.165) is 10.2 Å². The number of nitrogens with one attached hydrogen (secondary N) is 1. The van der Waals surface area contributed by atoms with Crippen molar-refractivity contribution in [3.63, 3.8) is 0 Å². The summed E-state index contributed by atoms with van der Waals surface area (Å²) in [6.45, 7) is 0. The molecule has 0 saturated carbocycles. The number of ether oxygens (including phenoxy) is 1. The van der Waals surface area contributed by atoms with Crippen molar-refractivity contribution in [2.24, 2.45) is 0 Å². The smallest absolute Gasteiger partial charge is 0.258 e. The molecule has 0 atom stereocenters. The third kappa shape index (κ3) is 3.60.